The highest BCUT2D eigenvalue weighted by Gasteiger charge is 2.22. The Balaban J connectivity index is 0.00000420. The monoisotopic (exact) mass is 519 g/mol. The van der Waals surface area contributed by atoms with Gasteiger partial charge in [0.05, 0.1) is 12.6 Å². The molecule has 1 aliphatic rings. The number of aliphatic imine (C=N–C) groups is 1. The van der Waals surface area contributed by atoms with Gasteiger partial charge in [0.2, 0.25) is 0 Å². The number of piperidine rings is 1. The summed E-state index contributed by atoms with van der Waals surface area (Å²) in [5, 5.41) is 3.42. The lowest BCUT2D eigenvalue weighted by Gasteiger charge is -2.34. The van der Waals surface area contributed by atoms with Gasteiger partial charge in [-0.1, -0.05) is 12.1 Å². The lowest BCUT2D eigenvalue weighted by atomic mass is 10.1. The summed E-state index contributed by atoms with van der Waals surface area (Å²) in [5.41, 5.74) is 1.20. The highest BCUT2D eigenvalue weighted by atomic mass is 127. The van der Waals surface area contributed by atoms with Crippen molar-refractivity contribution in [1.29, 1.82) is 0 Å². The number of hydrogen-bond acceptors (Lipinski definition) is 4. The van der Waals surface area contributed by atoms with Crippen molar-refractivity contribution in [2.45, 2.75) is 52.2 Å². The minimum Gasteiger partial charge on any atom is -0.489 e. The molecule has 1 N–H and O–H groups in total. The predicted molar refractivity (Wildman–Crippen MR) is 130 cm³/mol. The number of nitrogens with one attached hydrogen (secondary N) is 1. The quantitative estimate of drug-likeness (QED) is 0.220. The van der Waals surface area contributed by atoms with E-state index in [-0.39, 0.29) is 30.1 Å². The first-order valence-electron chi connectivity index (χ1n) is 10.5. The van der Waals surface area contributed by atoms with Crippen LogP contribution >= 0.6 is 24.0 Å². The zero-order chi connectivity index (χ0) is 20.2. The molecule has 1 aromatic carbocycles. The standard InChI is InChI=1S/C22H37N3O3.HI/c1-5-23-22(24-17-19(3)28-21-9-6-8-18(2)16-21)25-12-10-20(11-13-25)27-15-7-14-26-4;/h6,8-9,16,19-20H,5,7,10-15,17H2,1-4H3,(H,23,24);1H. The summed E-state index contributed by atoms with van der Waals surface area (Å²) in [6.07, 6.45) is 3.40. The van der Waals surface area contributed by atoms with E-state index in [0.717, 1.165) is 63.8 Å². The first-order valence-corrected chi connectivity index (χ1v) is 10.5. The van der Waals surface area contributed by atoms with E-state index in [0.29, 0.717) is 12.6 Å². The van der Waals surface area contributed by atoms with Crippen LogP contribution in [0.1, 0.15) is 38.7 Å². The largest absolute Gasteiger partial charge is 0.489 e. The number of benzene rings is 1. The predicted octanol–water partition coefficient (Wildman–Crippen LogP) is 3.86. The molecule has 2 rings (SSSR count). The number of aryl methyl sites for hydroxylation is 1. The third-order valence-corrected chi connectivity index (χ3v) is 4.75. The van der Waals surface area contributed by atoms with E-state index in [2.05, 4.69) is 43.1 Å². The first kappa shape index (κ1) is 26.0. The Kier molecular flexibility index (Phi) is 13.3. The summed E-state index contributed by atoms with van der Waals surface area (Å²) in [7, 11) is 1.73. The molecule has 0 bridgehead atoms. The van der Waals surface area contributed by atoms with Crippen LogP contribution in [-0.4, -0.2) is 69.6 Å². The molecule has 1 aliphatic heterocycles. The third kappa shape index (κ3) is 10.00. The van der Waals surface area contributed by atoms with Crippen molar-refractivity contribution >= 4 is 29.9 Å². The minimum atomic E-state index is 0. The topological polar surface area (TPSA) is 55.3 Å². The highest BCUT2D eigenvalue weighted by Crippen LogP contribution is 2.16. The molecule has 1 saturated heterocycles. The number of ether oxygens (including phenoxy) is 3. The van der Waals surface area contributed by atoms with Gasteiger partial charge in [-0.25, -0.2) is 4.99 Å². The molecule has 7 heteroatoms. The maximum absolute atomic E-state index is 6.01. The molecule has 6 nitrogen and oxygen atoms in total. The molecule has 1 atom stereocenters. The van der Waals surface area contributed by atoms with Crippen LogP contribution < -0.4 is 10.1 Å². The van der Waals surface area contributed by atoms with Crippen molar-refractivity contribution in [3.8, 4) is 5.75 Å². The van der Waals surface area contributed by atoms with Gasteiger partial charge >= 0.3 is 0 Å². The molecule has 1 fully saturated rings. The first-order chi connectivity index (χ1) is 13.6. The van der Waals surface area contributed by atoms with Crippen LogP contribution in [0.4, 0.5) is 0 Å². The van der Waals surface area contributed by atoms with Gasteiger partial charge in [-0.05, 0) is 57.7 Å². The van der Waals surface area contributed by atoms with E-state index in [4.69, 9.17) is 19.2 Å². The SMILES string of the molecule is CCNC(=NCC(C)Oc1cccc(C)c1)N1CCC(OCCCOC)CC1.I. The highest BCUT2D eigenvalue weighted by molar-refractivity contribution is 14.0. The maximum Gasteiger partial charge on any atom is 0.194 e. The van der Waals surface area contributed by atoms with Crippen molar-refractivity contribution in [2.24, 2.45) is 4.99 Å². The number of hydrogen-bond donors (Lipinski definition) is 1. The molecule has 0 amide bonds. The Morgan fingerprint density at radius 1 is 1.28 bits per heavy atom. The molecule has 29 heavy (non-hydrogen) atoms. The van der Waals surface area contributed by atoms with E-state index in [1.165, 1.54) is 5.56 Å². The van der Waals surface area contributed by atoms with Crippen LogP contribution in [-0.2, 0) is 9.47 Å². The second kappa shape index (κ2) is 14.8. The van der Waals surface area contributed by atoms with Gasteiger partial charge in [0.25, 0.3) is 0 Å². The van der Waals surface area contributed by atoms with Crippen LogP contribution in [0.3, 0.4) is 0 Å². The van der Waals surface area contributed by atoms with Crippen LogP contribution in [0.5, 0.6) is 5.75 Å². The molecule has 0 aliphatic carbocycles. The number of likely N-dealkylation sites (tertiary alicyclic amines) is 1. The molecule has 0 saturated carbocycles. The smallest absolute Gasteiger partial charge is 0.194 e. The molecular formula is C22H38IN3O3. The average Bonchev–Trinajstić information content (AvgIpc) is 2.69. The van der Waals surface area contributed by atoms with Crippen molar-refractivity contribution in [3.63, 3.8) is 0 Å². The van der Waals surface area contributed by atoms with Gasteiger partial charge < -0.3 is 24.4 Å². The van der Waals surface area contributed by atoms with E-state index in [9.17, 15) is 0 Å². The molecule has 1 aromatic rings. The summed E-state index contributed by atoms with van der Waals surface area (Å²) >= 11 is 0. The third-order valence-electron chi connectivity index (χ3n) is 4.75. The molecule has 1 unspecified atom stereocenters. The van der Waals surface area contributed by atoms with Gasteiger partial charge in [0.15, 0.2) is 5.96 Å². The summed E-state index contributed by atoms with van der Waals surface area (Å²) in [5.74, 6) is 1.87. The number of halogens is 1. The fraction of sp³-hybridized carbons (Fsp3) is 0.682. The summed E-state index contributed by atoms with van der Waals surface area (Å²) in [6.45, 7) is 11.2. The zero-order valence-corrected chi connectivity index (χ0v) is 20.7. The van der Waals surface area contributed by atoms with Crippen LogP contribution in [0.15, 0.2) is 29.3 Å². The van der Waals surface area contributed by atoms with Crippen LogP contribution in [0.2, 0.25) is 0 Å². The fourth-order valence-electron chi connectivity index (χ4n) is 3.29. The van der Waals surface area contributed by atoms with Crippen molar-refractivity contribution in [3.05, 3.63) is 29.8 Å². The summed E-state index contributed by atoms with van der Waals surface area (Å²) in [4.78, 5) is 7.15. The summed E-state index contributed by atoms with van der Waals surface area (Å²) in [6, 6.07) is 8.15. The molecule has 0 aromatic heterocycles. The summed E-state index contributed by atoms with van der Waals surface area (Å²) < 4.78 is 17.0. The Bertz CT molecular complexity index is 592. The number of methoxy groups -OCH3 is 1. The van der Waals surface area contributed by atoms with E-state index < -0.39 is 0 Å². The number of guanidine groups is 1. The van der Waals surface area contributed by atoms with Crippen molar-refractivity contribution < 1.29 is 14.2 Å². The average molecular weight is 519 g/mol. The molecular weight excluding hydrogens is 481 g/mol. The zero-order valence-electron chi connectivity index (χ0n) is 18.4. The Hall–Kier alpha value is -1.06. The second-order valence-corrected chi connectivity index (χ2v) is 7.34. The fourth-order valence-corrected chi connectivity index (χ4v) is 3.29. The van der Waals surface area contributed by atoms with Gasteiger partial charge in [-0.2, -0.15) is 0 Å². The number of rotatable bonds is 10. The Morgan fingerprint density at radius 3 is 2.69 bits per heavy atom. The normalized spacial score (nSPS) is 16.3. The van der Waals surface area contributed by atoms with E-state index in [1.54, 1.807) is 7.11 Å². The lowest BCUT2D eigenvalue weighted by molar-refractivity contribution is 0.00988. The van der Waals surface area contributed by atoms with Crippen molar-refractivity contribution in [1.82, 2.24) is 10.2 Å². The van der Waals surface area contributed by atoms with Gasteiger partial charge in [0, 0.05) is 40.0 Å². The lowest BCUT2D eigenvalue weighted by Crippen LogP contribution is -2.47. The van der Waals surface area contributed by atoms with Crippen molar-refractivity contribution in [2.75, 3.05) is 46.5 Å². The van der Waals surface area contributed by atoms with Crippen LogP contribution in [0, 0.1) is 6.92 Å². The molecule has 0 spiro atoms. The molecule has 1 heterocycles. The van der Waals surface area contributed by atoms with Gasteiger partial charge in [-0.15, -0.1) is 24.0 Å². The Morgan fingerprint density at radius 2 is 2.03 bits per heavy atom. The minimum absolute atomic E-state index is 0. The number of nitrogens with zero attached hydrogens (tertiary/aromatic N) is 2. The van der Waals surface area contributed by atoms with Crippen LogP contribution in [0.25, 0.3) is 0 Å². The van der Waals surface area contributed by atoms with E-state index >= 15 is 0 Å². The molecule has 0 radical (unpaired) electrons. The molecule has 166 valence electrons. The maximum atomic E-state index is 6.01. The Labute approximate surface area is 193 Å². The van der Waals surface area contributed by atoms with Gasteiger partial charge in [-0.3, -0.25) is 0 Å². The second-order valence-electron chi connectivity index (χ2n) is 7.34. The van der Waals surface area contributed by atoms with E-state index in [1.807, 2.05) is 12.1 Å². The van der Waals surface area contributed by atoms with Gasteiger partial charge in [0.1, 0.15) is 11.9 Å².